The van der Waals surface area contributed by atoms with Gasteiger partial charge in [-0.25, -0.2) is 0 Å². The topological polar surface area (TPSA) is 38.9 Å². The molecule has 16 heavy (non-hydrogen) atoms. The quantitative estimate of drug-likeness (QED) is 0.849. The molecular formula is C14H16N2. The maximum atomic E-state index is 5.51. The zero-order valence-electron chi connectivity index (χ0n) is 9.48. The normalized spacial score (nSPS) is 12.0. The highest BCUT2D eigenvalue weighted by Gasteiger charge is 2.01. The van der Waals surface area contributed by atoms with Gasteiger partial charge in [-0.1, -0.05) is 24.3 Å². The maximum absolute atomic E-state index is 5.51. The van der Waals surface area contributed by atoms with Gasteiger partial charge >= 0.3 is 0 Å². The SMILES string of the molecule is C/C(=C/CCN)c1cccc2ccncc12. The van der Waals surface area contributed by atoms with Crippen LogP contribution < -0.4 is 5.73 Å². The average Bonchev–Trinajstić information content (AvgIpc) is 2.35. The van der Waals surface area contributed by atoms with Crippen LogP contribution in [0.4, 0.5) is 0 Å². The summed E-state index contributed by atoms with van der Waals surface area (Å²) in [7, 11) is 0. The fraction of sp³-hybridized carbons (Fsp3) is 0.214. The van der Waals surface area contributed by atoms with Gasteiger partial charge in [-0.3, -0.25) is 4.98 Å². The van der Waals surface area contributed by atoms with Crippen molar-refractivity contribution in [2.24, 2.45) is 5.73 Å². The molecular weight excluding hydrogens is 196 g/mol. The van der Waals surface area contributed by atoms with Crippen molar-refractivity contribution in [3.63, 3.8) is 0 Å². The summed E-state index contributed by atoms with van der Waals surface area (Å²) in [5.41, 5.74) is 8.03. The highest BCUT2D eigenvalue weighted by Crippen LogP contribution is 2.24. The molecule has 1 aromatic heterocycles. The van der Waals surface area contributed by atoms with Crippen LogP contribution in [0.5, 0.6) is 0 Å². The molecule has 2 heteroatoms. The van der Waals surface area contributed by atoms with Crippen molar-refractivity contribution >= 4 is 16.3 Å². The summed E-state index contributed by atoms with van der Waals surface area (Å²) in [6.07, 6.45) is 6.85. The first-order chi connectivity index (χ1) is 7.83. The lowest BCUT2D eigenvalue weighted by Gasteiger charge is -2.06. The van der Waals surface area contributed by atoms with Crippen molar-refractivity contribution in [1.82, 2.24) is 4.98 Å². The Morgan fingerprint density at radius 1 is 1.38 bits per heavy atom. The highest BCUT2D eigenvalue weighted by molar-refractivity contribution is 5.92. The van der Waals surface area contributed by atoms with Gasteiger partial charge in [0.2, 0.25) is 0 Å². The summed E-state index contributed by atoms with van der Waals surface area (Å²) in [5, 5.41) is 2.43. The Morgan fingerprint density at radius 3 is 3.06 bits per heavy atom. The molecule has 0 radical (unpaired) electrons. The molecule has 1 aromatic carbocycles. The zero-order chi connectivity index (χ0) is 11.4. The average molecular weight is 212 g/mol. The van der Waals surface area contributed by atoms with Gasteiger partial charge in [-0.2, -0.15) is 0 Å². The number of hydrogen-bond donors (Lipinski definition) is 1. The molecule has 2 nitrogen and oxygen atoms in total. The second-order valence-electron chi connectivity index (χ2n) is 3.87. The molecule has 0 unspecified atom stereocenters. The Bertz CT molecular complexity index is 510. The summed E-state index contributed by atoms with van der Waals surface area (Å²) >= 11 is 0. The van der Waals surface area contributed by atoms with Gasteiger partial charge < -0.3 is 5.73 Å². The van der Waals surface area contributed by atoms with Crippen LogP contribution in [0, 0.1) is 0 Å². The number of aromatic nitrogens is 1. The fourth-order valence-electron chi connectivity index (χ4n) is 1.87. The van der Waals surface area contributed by atoms with Gasteiger partial charge in [0.15, 0.2) is 0 Å². The van der Waals surface area contributed by atoms with E-state index in [-0.39, 0.29) is 0 Å². The molecule has 0 atom stereocenters. The number of rotatable bonds is 3. The van der Waals surface area contributed by atoms with Crippen molar-refractivity contribution in [3.05, 3.63) is 48.3 Å². The number of fused-ring (bicyclic) bond motifs is 1. The number of nitrogens with two attached hydrogens (primary N) is 1. The lowest BCUT2D eigenvalue weighted by molar-refractivity contribution is 1.01. The zero-order valence-corrected chi connectivity index (χ0v) is 9.48. The minimum atomic E-state index is 0.695. The first-order valence-corrected chi connectivity index (χ1v) is 5.53. The number of pyridine rings is 1. The van der Waals surface area contributed by atoms with Crippen LogP contribution in [-0.4, -0.2) is 11.5 Å². The molecule has 82 valence electrons. The largest absolute Gasteiger partial charge is 0.330 e. The van der Waals surface area contributed by atoms with Crippen LogP contribution in [0.1, 0.15) is 18.9 Å². The Labute approximate surface area is 95.8 Å². The van der Waals surface area contributed by atoms with Crippen LogP contribution >= 0.6 is 0 Å². The monoisotopic (exact) mass is 212 g/mol. The Balaban J connectivity index is 2.52. The van der Waals surface area contributed by atoms with E-state index >= 15 is 0 Å². The van der Waals surface area contributed by atoms with E-state index in [0.29, 0.717) is 6.54 Å². The molecule has 0 fully saturated rings. The van der Waals surface area contributed by atoms with E-state index in [2.05, 4.69) is 36.2 Å². The van der Waals surface area contributed by atoms with Crippen LogP contribution in [0.25, 0.3) is 16.3 Å². The molecule has 1 heterocycles. The Kier molecular flexibility index (Phi) is 3.32. The smallest absolute Gasteiger partial charge is 0.0352 e. The molecule has 2 aromatic rings. The van der Waals surface area contributed by atoms with Gasteiger partial charge in [-0.05, 0) is 42.5 Å². The van der Waals surface area contributed by atoms with Crippen molar-refractivity contribution < 1.29 is 0 Å². The summed E-state index contributed by atoms with van der Waals surface area (Å²) < 4.78 is 0. The predicted octanol–water partition coefficient (Wildman–Crippen LogP) is 2.99. The third kappa shape index (κ3) is 2.12. The van der Waals surface area contributed by atoms with Gasteiger partial charge in [0.1, 0.15) is 0 Å². The summed E-state index contributed by atoms with van der Waals surface area (Å²) in [4.78, 5) is 4.18. The van der Waals surface area contributed by atoms with Crippen molar-refractivity contribution in [2.45, 2.75) is 13.3 Å². The van der Waals surface area contributed by atoms with Crippen molar-refractivity contribution in [1.29, 1.82) is 0 Å². The minimum Gasteiger partial charge on any atom is -0.330 e. The number of allylic oxidation sites excluding steroid dienone is 1. The maximum Gasteiger partial charge on any atom is 0.0352 e. The van der Waals surface area contributed by atoms with Crippen molar-refractivity contribution in [2.75, 3.05) is 6.54 Å². The van der Waals surface area contributed by atoms with Crippen LogP contribution in [0.2, 0.25) is 0 Å². The summed E-state index contributed by atoms with van der Waals surface area (Å²) in [6.45, 7) is 2.82. The van der Waals surface area contributed by atoms with E-state index in [1.54, 1.807) is 0 Å². The molecule has 0 saturated carbocycles. The fourth-order valence-corrected chi connectivity index (χ4v) is 1.87. The molecule has 0 spiro atoms. The summed E-state index contributed by atoms with van der Waals surface area (Å²) in [5.74, 6) is 0. The molecule has 0 bridgehead atoms. The molecule has 2 N–H and O–H groups in total. The molecule has 0 amide bonds. The highest BCUT2D eigenvalue weighted by atomic mass is 14.6. The van der Waals surface area contributed by atoms with E-state index in [1.807, 2.05) is 18.5 Å². The third-order valence-electron chi connectivity index (χ3n) is 2.73. The standard InChI is InChI=1S/C14H16N2/c1-11(4-3-8-15)13-6-2-5-12-7-9-16-10-14(12)13/h2,4-7,9-10H,3,8,15H2,1H3/b11-4-. The number of hydrogen-bond acceptors (Lipinski definition) is 2. The van der Waals surface area contributed by atoms with Crippen LogP contribution in [-0.2, 0) is 0 Å². The lowest BCUT2D eigenvalue weighted by atomic mass is 10.0. The molecule has 2 rings (SSSR count). The van der Waals surface area contributed by atoms with E-state index in [0.717, 1.165) is 6.42 Å². The molecule has 0 aliphatic carbocycles. The minimum absolute atomic E-state index is 0.695. The predicted molar refractivity (Wildman–Crippen MR) is 69.1 cm³/mol. The van der Waals surface area contributed by atoms with Crippen LogP contribution in [0.3, 0.4) is 0 Å². The second kappa shape index (κ2) is 4.90. The lowest BCUT2D eigenvalue weighted by Crippen LogP contribution is -1.96. The number of nitrogens with zero attached hydrogens (tertiary/aromatic N) is 1. The first-order valence-electron chi connectivity index (χ1n) is 5.53. The van der Waals surface area contributed by atoms with Gasteiger partial charge in [0.05, 0.1) is 0 Å². The van der Waals surface area contributed by atoms with E-state index in [4.69, 9.17) is 5.73 Å². The van der Waals surface area contributed by atoms with Crippen molar-refractivity contribution in [3.8, 4) is 0 Å². The Morgan fingerprint density at radius 2 is 2.25 bits per heavy atom. The van der Waals surface area contributed by atoms with E-state index in [9.17, 15) is 0 Å². The Hall–Kier alpha value is -1.67. The first kappa shape index (κ1) is 10.8. The van der Waals surface area contributed by atoms with E-state index in [1.165, 1.54) is 21.9 Å². The third-order valence-corrected chi connectivity index (χ3v) is 2.73. The molecule has 0 aliphatic heterocycles. The molecule has 0 saturated heterocycles. The van der Waals surface area contributed by atoms with Gasteiger partial charge in [0, 0.05) is 17.8 Å². The summed E-state index contributed by atoms with van der Waals surface area (Å²) in [6, 6.07) is 8.36. The van der Waals surface area contributed by atoms with Gasteiger partial charge in [-0.15, -0.1) is 0 Å². The molecule has 0 aliphatic rings. The second-order valence-corrected chi connectivity index (χ2v) is 3.87. The van der Waals surface area contributed by atoms with Crippen LogP contribution in [0.15, 0.2) is 42.7 Å². The number of benzene rings is 1. The van der Waals surface area contributed by atoms with Gasteiger partial charge in [0.25, 0.3) is 0 Å². The van der Waals surface area contributed by atoms with E-state index < -0.39 is 0 Å².